The molecule has 6 nitrogen and oxygen atoms in total. The molecule has 0 aliphatic heterocycles. The number of ether oxygens (including phenoxy) is 4. The molecule has 0 aromatic rings. The van der Waals surface area contributed by atoms with Gasteiger partial charge in [0.05, 0.1) is 19.8 Å². The molecule has 0 aliphatic rings. The van der Waals surface area contributed by atoms with Crippen molar-refractivity contribution in [3.05, 3.63) is 0 Å². The molecular weight excluding hydrogens is 403 g/mol. The molecule has 0 aromatic heterocycles. The van der Waals surface area contributed by atoms with E-state index in [4.69, 9.17) is 18.9 Å². The normalized spacial score (nSPS) is 11.0. The van der Waals surface area contributed by atoms with Crippen LogP contribution in [0.2, 0.25) is 0 Å². The minimum absolute atomic E-state index is 0. The van der Waals surface area contributed by atoms with E-state index in [0.717, 1.165) is 38.5 Å². The van der Waals surface area contributed by atoms with E-state index in [1.165, 1.54) is 0 Å². The van der Waals surface area contributed by atoms with E-state index < -0.39 is 17.5 Å². The number of unbranched alkanes of at least 4 members (excludes halogenated alkanes) is 3. The first-order valence-corrected chi connectivity index (χ1v) is 9.15. The van der Waals surface area contributed by atoms with Crippen molar-refractivity contribution in [1.29, 1.82) is 0 Å². The van der Waals surface area contributed by atoms with E-state index >= 15 is 0 Å². The molecule has 0 unspecified atom stereocenters. The van der Waals surface area contributed by atoms with Crippen LogP contribution in [-0.4, -0.2) is 50.6 Å². The van der Waals surface area contributed by atoms with Crippen LogP contribution in [0.1, 0.15) is 66.2 Å². The van der Waals surface area contributed by atoms with Crippen LogP contribution in [0.4, 0.5) is 0 Å². The summed E-state index contributed by atoms with van der Waals surface area (Å²) in [6.07, 6.45) is 5.04. The number of rotatable bonds is 16. The first kappa shape index (κ1) is 27.1. The fourth-order valence-corrected chi connectivity index (χ4v) is 1.89. The Kier molecular flexibility index (Phi) is 18.8. The van der Waals surface area contributed by atoms with Gasteiger partial charge in [0, 0.05) is 32.8 Å². The summed E-state index contributed by atoms with van der Waals surface area (Å²) < 4.78 is 21.7. The maximum Gasteiger partial charge on any atom is 0.375 e. The summed E-state index contributed by atoms with van der Waals surface area (Å²) in [5.74, 6) is -3.34. The number of hydrogen-bond acceptors (Lipinski definition) is 6. The standard InChI is InChI=1S/C18H34O6.Zr/c1-5-9-12-21-15-16(19)18(17(20)22-8-4,23-13-10-6-2)24-14-11-7-3;/h5-15H2,1-4H3;. The number of Topliss-reactive ketones (excluding diaryl/α,β-unsaturated/α-hetero) is 1. The van der Waals surface area contributed by atoms with E-state index in [9.17, 15) is 9.59 Å². The first-order chi connectivity index (χ1) is 11.6. The molecule has 0 saturated carbocycles. The molecule has 146 valence electrons. The molecule has 0 atom stereocenters. The third kappa shape index (κ3) is 10.6. The maximum absolute atomic E-state index is 12.7. The van der Waals surface area contributed by atoms with Gasteiger partial charge in [-0.25, -0.2) is 4.79 Å². The van der Waals surface area contributed by atoms with Crippen LogP contribution in [0.3, 0.4) is 0 Å². The van der Waals surface area contributed by atoms with Crippen LogP contribution in [-0.2, 0) is 54.7 Å². The molecule has 0 saturated heterocycles. The molecule has 0 aliphatic carbocycles. The molecule has 0 bridgehead atoms. The van der Waals surface area contributed by atoms with Crippen LogP contribution in [0.25, 0.3) is 0 Å². The molecular formula is C18H34O6Zr. The number of hydrogen-bond donors (Lipinski definition) is 0. The smallest absolute Gasteiger partial charge is 0.375 e. The number of ketones is 1. The Bertz CT molecular complexity index is 338. The molecule has 7 heteroatoms. The summed E-state index contributed by atoms with van der Waals surface area (Å²) in [7, 11) is 0. The number of carbonyl (C=O) groups excluding carboxylic acids is 2. The Morgan fingerprint density at radius 3 is 1.72 bits per heavy atom. The second kappa shape index (κ2) is 17.3. The molecule has 25 heavy (non-hydrogen) atoms. The van der Waals surface area contributed by atoms with Gasteiger partial charge in [0.25, 0.3) is 0 Å². The predicted molar refractivity (Wildman–Crippen MR) is 91.8 cm³/mol. The summed E-state index contributed by atoms with van der Waals surface area (Å²) in [5, 5.41) is 0. The van der Waals surface area contributed by atoms with E-state index in [1.807, 2.05) is 20.8 Å². The van der Waals surface area contributed by atoms with Crippen LogP contribution in [0.5, 0.6) is 0 Å². The monoisotopic (exact) mass is 436 g/mol. The second-order valence-electron chi connectivity index (χ2n) is 5.57. The van der Waals surface area contributed by atoms with E-state index in [0.29, 0.717) is 6.61 Å². The average Bonchev–Trinajstić information content (AvgIpc) is 2.57. The third-order valence-corrected chi connectivity index (χ3v) is 3.39. The van der Waals surface area contributed by atoms with Gasteiger partial charge in [0.15, 0.2) is 0 Å². The third-order valence-electron chi connectivity index (χ3n) is 3.39. The molecule has 0 spiro atoms. The van der Waals surface area contributed by atoms with Crippen molar-refractivity contribution in [2.45, 2.75) is 72.0 Å². The Labute approximate surface area is 171 Å². The van der Waals surface area contributed by atoms with Crippen molar-refractivity contribution in [1.82, 2.24) is 0 Å². The van der Waals surface area contributed by atoms with Crippen molar-refractivity contribution < 1.29 is 54.7 Å². The summed E-state index contributed by atoms with van der Waals surface area (Å²) in [6, 6.07) is 0. The molecule has 0 heterocycles. The fraction of sp³-hybridized carbons (Fsp3) is 0.889. The first-order valence-electron chi connectivity index (χ1n) is 9.15. The van der Waals surface area contributed by atoms with Crippen LogP contribution in [0.15, 0.2) is 0 Å². The minimum atomic E-state index is -2.01. The second-order valence-corrected chi connectivity index (χ2v) is 5.57. The number of esters is 1. The van der Waals surface area contributed by atoms with Crippen molar-refractivity contribution in [2.24, 2.45) is 0 Å². The van der Waals surface area contributed by atoms with Gasteiger partial charge in [0.2, 0.25) is 5.78 Å². The minimum Gasteiger partial charge on any atom is -0.462 e. The quantitative estimate of drug-likeness (QED) is 0.160. The van der Waals surface area contributed by atoms with Gasteiger partial charge < -0.3 is 18.9 Å². The van der Waals surface area contributed by atoms with Crippen molar-refractivity contribution in [3.63, 3.8) is 0 Å². The van der Waals surface area contributed by atoms with Gasteiger partial charge in [-0.1, -0.05) is 40.0 Å². The van der Waals surface area contributed by atoms with Crippen LogP contribution in [0, 0.1) is 0 Å². The zero-order valence-corrected chi connectivity index (χ0v) is 18.7. The molecule has 0 N–H and O–H groups in total. The topological polar surface area (TPSA) is 71.1 Å². The molecule has 0 radical (unpaired) electrons. The predicted octanol–water partition coefficient (Wildman–Crippen LogP) is 3.26. The summed E-state index contributed by atoms with van der Waals surface area (Å²) in [5.41, 5.74) is 0. The Hall–Kier alpha value is -0.0969. The van der Waals surface area contributed by atoms with E-state index in [-0.39, 0.29) is 52.6 Å². The summed E-state index contributed by atoms with van der Waals surface area (Å²) >= 11 is 0. The SMILES string of the molecule is CCCCOCC(=O)C(OCCCC)(OCCCC)C(=O)OCC.[Zr]. The van der Waals surface area contributed by atoms with Crippen molar-refractivity contribution in [3.8, 4) is 0 Å². The molecule has 0 rings (SSSR count). The van der Waals surface area contributed by atoms with Gasteiger partial charge in [0.1, 0.15) is 6.61 Å². The molecule has 0 amide bonds. The fourth-order valence-electron chi connectivity index (χ4n) is 1.89. The molecule has 0 aromatic carbocycles. The zero-order valence-electron chi connectivity index (χ0n) is 16.2. The van der Waals surface area contributed by atoms with Gasteiger partial charge in [-0.15, -0.1) is 0 Å². The van der Waals surface area contributed by atoms with Gasteiger partial charge >= 0.3 is 11.8 Å². The van der Waals surface area contributed by atoms with Gasteiger partial charge in [-0.05, 0) is 26.2 Å². The zero-order chi connectivity index (χ0) is 18.3. The van der Waals surface area contributed by atoms with Crippen LogP contribution >= 0.6 is 0 Å². The Balaban J connectivity index is 0. The summed E-state index contributed by atoms with van der Waals surface area (Å²) in [4.78, 5) is 25.1. The number of carbonyl (C=O) groups is 2. The van der Waals surface area contributed by atoms with Crippen LogP contribution < -0.4 is 0 Å². The average molecular weight is 438 g/mol. The van der Waals surface area contributed by atoms with E-state index in [2.05, 4.69) is 0 Å². The van der Waals surface area contributed by atoms with Gasteiger partial charge in [-0.2, -0.15) is 0 Å². The maximum atomic E-state index is 12.7. The Morgan fingerprint density at radius 2 is 1.28 bits per heavy atom. The van der Waals surface area contributed by atoms with Gasteiger partial charge in [-0.3, -0.25) is 4.79 Å². The Morgan fingerprint density at radius 1 is 0.800 bits per heavy atom. The van der Waals surface area contributed by atoms with Crippen molar-refractivity contribution in [2.75, 3.05) is 33.0 Å². The molecule has 0 fully saturated rings. The van der Waals surface area contributed by atoms with Crippen molar-refractivity contribution >= 4 is 11.8 Å². The van der Waals surface area contributed by atoms with E-state index in [1.54, 1.807) is 6.92 Å². The summed E-state index contributed by atoms with van der Waals surface area (Å²) in [6.45, 7) is 8.62. The largest absolute Gasteiger partial charge is 0.462 e.